The summed E-state index contributed by atoms with van der Waals surface area (Å²) in [4.78, 5) is 16.5. The molecule has 0 aliphatic carbocycles. The molecule has 8 heteroatoms. The van der Waals surface area contributed by atoms with Crippen LogP contribution in [0.4, 0.5) is 18.9 Å². The number of alkyl halides is 3. The first-order chi connectivity index (χ1) is 11.3. The zero-order chi connectivity index (χ0) is 17.7. The molecule has 0 unspecified atom stereocenters. The Kier molecular flexibility index (Phi) is 6.48. The number of carbonyl (C=O) groups excluding carboxylic acids is 1. The third kappa shape index (κ3) is 5.36. The first kappa shape index (κ1) is 19.0. The minimum Gasteiger partial charge on any atom is -0.325 e. The molecule has 1 heterocycles. The van der Waals surface area contributed by atoms with E-state index in [-0.39, 0.29) is 23.0 Å². The highest BCUT2D eigenvalue weighted by Crippen LogP contribution is 2.33. The summed E-state index contributed by atoms with van der Waals surface area (Å²) in [5, 5.41) is 2.56. The highest BCUT2D eigenvalue weighted by Gasteiger charge is 2.31. The summed E-state index contributed by atoms with van der Waals surface area (Å²) in [7, 11) is 0. The van der Waals surface area contributed by atoms with Crippen molar-refractivity contribution < 1.29 is 18.0 Å². The molecule has 0 atom stereocenters. The van der Waals surface area contributed by atoms with Crippen molar-refractivity contribution in [2.45, 2.75) is 19.5 Å². The summed E-state index contributed by atoms with van der Waals surface area (Å²) < 4.78 is 38.2. The van der Waals surface area contributed by atoms with Gasteiger partial charge in [0.1, 0.15) is 0 Å². The second-order valence-electron chi connectivity index (χ2n) is 5.77. The Balaban J connectivity index is 1.86. The van der Waals surface area contributed by atoms with Crippen LogP contribution in [0.15, 0.2) is 18.2 Å². The number of carbonyl (C=O) groups is 1. The van der Waals surface area contributed by atoms with Crippen molar-refractivity contribution in [3.05, 3.63) is 28.8 Å². The largest absolute Gasteiger partial charge is 0.416 e. The lowest BCUT2D eigenvalue weighted by molar-refractivity contribution is -0.137. The SMILES string of the molecule is CCN1CCN(CCC(=O)Nc2cc(C(F)(F)F)ccc2Cl)CC1. The fourth-order valence-electron chi connectivity index (χ4n) is 2.60. The maximum Gasteiger partial charge on any atom is 0.416 e. The van der Waals surface area contributed by atoms with Gasteiger partial charge in [0.05, 0.1) is 16.3 Å². The topological polar surface area (TPSA) is 35.6 Å². The van der Waals surface area contributed by atoms with Gasteiger partial charge in [0.2, 0.25) is 5.91 Å². The number of halogens is 4. The molecule has 1 aliphatic rings. The average Bonchev–Trinajstić information content (AvgIpc) is 2.54. The lowest BCUT2D eigenvalue weighted by Gasteiger charge is -2.33. The number of likely N-dealkylation sites (N-methyl/N-ethyl adjacent to an activating group) is 1. The van der Waals surface area contributed by atoms with Crippen molar-refractivity contribution in [3.8, 4) is 0 Å². The molecule has 1 aliphatic heterocycles. The van der Waals surface area contributed by atoms with E-state index in [1.54, 1.807) is 0 Å². The molecule has 0 saturated carbocycles. The van der Waals surface area contributed by atoms with E-state index in [1.165, 1.54) is 0 Å². The number of nitrogens with zero attached hydrogens (tertiary/aromatic N) is 2. The number of piperazine rings is 1. The Morgan fingerprint density at radius 2 is 1.83 bits per heavy atom. The van der Waals surface area contributed by atoms with E-state index in [0.29, 0.717) is 6.54 Å². The Hall–Kier alpha value is -1.31. The summed E-state index contributed by atoms with van der Waals surface area (Å²) in [6, 6.07) is 2.90. The molecule has 24 heavy (non-hydrogen) atoms. The van der Waals surface area contributed by atoms with Crippen molar-refractivity contribution in [2.75, 3.05) is 44.6 Å². The van der Waals surface area contributed by atoms with Crippen LogP contribution >= 0.6 is 11.6 Å². The predicted octanol–water partition coefficient (Wildman–Crippen LogP) is 3.32. The first-order valence-electron chi connectivity index (χ1n) is 7.91. The molecule has 0 aromatic heterocycles. The fourth-order valence-corrected chi connectivity index (χ4v) is 2.76. The molecule has 1 aromatic rings. The Labute approximate surface area is 144 Å². The molecule has 0 bridgehead atoms. The normalized spacial score (nSPS) is 17.0. The zero-order valence-electron chi connectivity index (χ0n) is 13.5. The Bertz CT molecular complexity index is 572. The van der Waals surface area contributed by atoms with Gasteiger partial charge in [-0.1, -0.05) is 18.5 Å². The summed E-state index contributed by atoms with van der Waals surface area (Å²) in [5.41, 5.74) is -0.842. The Morgan fingerprint density at radius 1 is 1.21 bits per heavy atom. The summed E-state index contributed by atoms with van der Waals surface area (Å²) >= 11 is 5.87. The van der Waals surface area contributed by atoms with E-state index >= 15 is 0 Å². The van der Waals surface area contributed by atoms with Gasteiger partial charge >= 0.3 is 6.18 Å². The molecule has 134 valence electrons. The molecule has 1 saturated heterocycles. The second kappa shape index (κ2) is 8.18. The van der Waals surface area contributed by atoms with Gasteiger partial charge < -0.3 is 15.1 Å². The van der Waals surface area contributed by atoms with Gasteiger partial charge in [-0.15, -0.1) is 0 Å². The minimum atomic E-state index is -4.47. The van der Waals surface area contributed by atoms with Gasteiger partial charge in [-0.25, -0.2) is 0 Å². The van der Waals surface area contributed by atoms with Crippen LogP contribution in [-0.2, 0) is 11.0 Å². The molecule has 0 radical (unpaired) electrons. The standard InChI is InChI=1S/C16H21ClF3N3O/c1-2-22-7-9-23(10-8-22)6-5-15(24)21-14-11-12(16(18,19)20)3-4-13(14)17/h3-4,11H,2,5-10H2,1H3,(H,21,24). The van der Waals surface area contributed by atoms with Gasteiger partial charge in [0.25, 0.3) is 0 Å². The molecule has 1 N–H and O–H groups in total. The quantitative estimate of drug-likeness (QED) is 0.871. The first-order valence-corrected chi connectivity index (χ1v) is 8.28. The third-order valence-electron chi connectivity index (χ3n) is 4.13. The molecule has 4 nitrogen and oxygen atoms in total. The number of benzene rings is 1. The number of nitrogens with one attached hydrogen (secondary N) is 1. The lowest BCUT2D eigenvalue weighted by atomic mass is 10.2. The van der Waals surface area contributed by atoms with Crippen molar-refractivity contribution in [1.29, 1.82) is 0 Å². The van der Waals surface area contributed by atoms with E-state index < -0.39 is 11.7 Å². The van der Waals surface area contributed by atoms with E-state index in [2.05, 4.69) is 22.0 Å². The lowest BCUT2D eigenvalue weighted by Crippen LogP contribution is -2.46. The van der Waals surface area contributed by atoms with Crippen LogP contribution in [0.5, 0.6) is 0 Å². The summed E-state index contributed by atoms with van der Waals surface area (Å²) in [5.74, 6) is -0.339. The number of rotatable bonds is 5. The van der Waals surface area contributed by atoms with Gasteiger partial charge in [0, 0.05) is 39.1 Å². The van der Waals surface area contributed by atoms with Crippen LogP contribution in [0.2, 0.25) is 5.02 Å². The maximum atomic E-state index is 12.7. The van der Waals surface area contributed by atoms with Crippen LogP contribution in [0.1, 0.15) is 18.9 Å². The monoisotopic (exact) mass is 363 g/mol. The van der Waals surface area contributed by atoms with Crippen molar-refractivity contribution in [2.24, 2.45) is 0 Å². The highest BCUT2D eigenvalue weighted by molar-refractivity contribution is 6.33. The maximum absolute atomic E-state index is 12.7. The fraction of sp³-hybridized carbons (Fsp3) is 0.562. The summed E-state index contributed by atoms with van der Waals surface area (Å²) in [6.07, 6.45) is -4.25. The van der Waals surface area contributed by atoms with Crippen molar-refractivity contribution in [1.82, 2.24) is 9.80 Å². The van der Waals surface area contributed by atoms with E-state index in [4.69, 9.17) is 11.6 Å². The smallest absolute Gasteiger partial charge is 0.325 e. The van der Waals surface area contributed by atoms with Crippen LogP contribution in [0.3, 0.4) is 0 Å². The van der Waals surface area contributed by atoms with Gasteiger partial charge in [-0.3, -0.25) is 4.79 Å². The zero-order valence-corrected chi connectivity index (χ0v) is 14.3. The number of hydrogen-bond acceptors (Lipinski definition) is 3. The molecule has 1 amide bonds. The molecule has 1 fully saturated rings. The van der Waals surface area contributed by atoms with Crippen LogP contribution in [0, 0.1) is 0 Å². The number of hydrogen-bond donors (Lipinski definition) is 1. The van der Waals surface area contributed by atoms with Crippen molar-refractivity contribution in [3.63, 3.8) is 0 Å². The van der Waals surface area contributed by atoms with Crippen LogP contribution < -0.4 is 5.32 Å². The molecular weight excluding hydrogens is 343 g/mol. The predicted molar refractivity (Wildman–Crippen MR) is 88.3 cm³/mol. The second-order valence-corrected chi connectivity index (χ2v) is 6.17. The van der Waals surface area contributed by atoms with Gasteiger partial charge in [-0.05, 0) is 24.7 Å². The van der Waals surface area contributed by atoms with E-state index in [1.807, 2.05) is 0 Å². The van der Waals surface area contributed by atoms with Crippen LogP contribution in [-0.4, -0.2) is 55.0 Å². The van der Waals surface area contributed by atoms with E-state index in [0.717, 1.165) is 50.9 Å². The molecule has 1 aromatic carbocycles. The average molecular weight is 364 g/mol. The molecule has 2 rings (SSSR count). The van der Waals surface area contributed by atoms with Crippen molar-refractivity contribution >= 4 is 23.2 Å². The Morgan fingerprint density at radius 3 is 2.42 bits per heavy atom. The minimum absolute atomic E-state index is 0.00714. The third-order valence-corrected chi connectivity index (χ3v) is 4.46. The highest BCUT2D eigenvalue weighted by atomic mass is 35.5. The van der Waals surface area contributed by atoms with E-state index in [9.17, 15) is 18.0 Å². The van der Waals surface area contributed by atoms with Gasteiger partial charge in [-0.2, -0.15) is 13.2 Å². The molecule has 0 spiro atoms. The molecular formula is C16H21ClF3N3O. The number of amides is 1. The number of anilines is 1. The van der Waals surface area contributed by atoms with Gasteiger partial charge in [0.15, 0.2) is 0 Å². The summed E-state index contributed by atoms with van der Waals surface area (Å²) in [6.45, 7) is 7.44. The van der Waals surface area contributed by atoms with Crippen LogP contribution in [0.25, 0.3) is 0 Å².